The number of carboxylic acids is 1. The summed E-state index contributed by atoms with van der Waals surface area (Å²) in [6.07, 6.45) is 1.33. The van der Waals surface area contributed by atoms with E-state index in [1.54, 1.807) is 24.3 Å². The van der Waals surface area contributed by atoms with Crippen molar-refractivity contribution in [2.24, 2.45) is 0 Å². The van der Waals surface area contributed by atoms with Crippen LogP contribution in [0.3, 0.4) is 0 Å². The summed E-state index contributed by atoms with van der Waals surface area (Å²) in [4.78, 5) is 22.4. The molecule has 0 saturated carbocycles. The van der Waals surface area contributed by atoms with E-state index in [4.69, 9.17) is 9.52 Å². The fraction of sp³-hybridized carbons (Fsp3) is 0.167. The first kappa shape index (κ1) is 11.2. The summed E-state index contributed by atoms with van der Waals surface area (Å²) >= 11 is 0. The van der Waals surface area contributed by atoms with Gasteiger partial charge < -0.3 is 14.8 Å². The Morgan fingerprint density at radius 3 is 2.76 bits per heavy atom. The molecule has 0 aliphatic heterocycles. The summed E-state index contributed by atoms with van der Waals surface area (Å²) in [6, 6.07) is 6.14. The standard InChI is InChI=1S/C12H11NO4/c1-7(12(15)16)13-11(14)9-6-17-10-5-3-2-4-8(9)10/h2-7H,1H3,(H,13,14)(H,15,16)/t7-/m0/s1. The minimum absolute atomic E-state index is 0.341. The molecule has 2 aromatic rings. The predicted molar refractivity (Wildman–Crippen MR) is 60.8 cm³/mol. The van der Waals surface area contributed by atoms with Crippen LogP contribution in [0.4, 0.5) is 0 Å². The lowest BCUT2D eigenvalue weighted by molar-refractivity contribution is -0.138. The number of hydrogen-bond acceptors (Lipinski definition) is 3. The maximum absolute atomic E-state index is 11.8. The molecular weight excluding hydrogens is 222 g/mol. The number of hydrogen-bond donors (Lipinski definition) is 2. The van der Waals surface area contributed by atoms with E-state index < -0.39 is 17.9 Å². The Hall–Kier alpha value is -2.30. The van der Waals surface area contributed by atoms with Gasteiger partial charge in [-0.15, -0.1) is 0 Å². The van der Waals surface area contributed by atoms with Crippen molar-refractivity contribution in [2.75, 3.05) is 0 Å². The molecule has 0 spiro atoms. The molecule has 0 saturated heterocycles. The molecular formula is C12H11NO4. The number of carbonyl (C=O) groups is 2. The van der Waals surface area contributed by atoms with Crippen molar-refractivity contribution >= 4 is 22.8 Å². The van der Waals surface area contributed by atoms with Crippen molar-refractivity contribution in [1.29, 1.82) is 0 Å². The first-order chi connectivity index (χ1) is 8.09. The topological polar surface area (TPSA) is 79.5 Å². The number of carboxylic acid groups (broad SMARTS) is 1. The molecule has 1 heterocycles. The van der Waals surface area contributed by atoms with Gasteiger partial charge in [0.2, 0.25) is 0 Å². The van der Waals surface area contributed by atoms with Crippen molar-refractivity contribution in [1.82, 2.24) is 5.32 Å². The van der Waals surface area contributed by atoms with Crippen molar-refractivity contribution in [2.45, 2.75) is 13.0 Å². The van der Waals surface area contributed by atoms with Gasteiger partial charge in [0.1, 0.15) is 17.9 Å². The van der Waals surface area contributed by atoms with E-state index in [0.717, 1.165) is 0 Å². The van der Waals surface area contributed by atoms with Crippen molar-refractivity contribution in [3.8, 4) is 0 Å². The van der Waals surface area contributed by atoms with Crippen LogP contribution in [-0.2, 0) is 4.79 Å². The summed E-state index contributed by atoms with van der Waals surface area (Å²) < 4.78 is 5.20. The van der Waals surface area contributed by atoms with Crippen molar-refractivity contribution < 1.29 is 19.1 Å². The lowest BCUT2D eigenvalue weighted by atomic mass is 10.1. The lowest BCUT2D eigenvalue weighted by Gasteiger charge is -2.07. The number of benzene rings is 1. The van der Waals surface area contributed by atoms with E-state index in [1.165, 1.54) is 13.2 Å². The zero-order chi connectivity index (χ0) is 12.4. The van der Waals surface area contributed by atoms with Gasteiger partial charge in [-0.1, -0.05) is 18.2 Å². The second-order valence-corrected chi connectivity index (χ2v) is 3.68. The molecule has 5 heteroatoms. The molecule has 0 bridgehead atoms. The van der Waals surface area contributed by atoms with Gasteiger partial charge in [-0.3, -0.25) is 9.59 Å². The van der Waals surface area contributed by atoms with Crippen LogP contribution >= 0.6 is 0 Å². The summed E-state index contributed by atoms with van der Waals surface area (Å²) in [5, 5.41) is 11.7. The van der Waals surface area contributed by atoms with Gasteiger partial charge in [0, 0.05) is 5.39 Å². The van der Waals surface area contributed by atoms with Gasteiger partial charge in [0.05, 0.1) is 5.56 Å². The average Bonchev–Trinajstić information content (AvgIpc) is 2.72. The predicted octanol–water partition coefficient (Wildman–Crippen LogP) is 1.64. The molecule has 5 nitrogen and oxygen atoms in total. The number of para-hydroxylation sites is 1. The molecule has 0 fully saturated rings. The maximum Gasteiger partial charge on any atom is 0.325 e. The minimum atomic E-state index is -1.08. The third-order valence-electron chi connectivity index (χ3n) is 2.44. The van der Waals surface area contributed by atoms with Gasteiger partial charge >= 0.3 is 5.97 Å². The molecule has 1 atom stereocenters. The normalized spacial score (nSPS) is 12.3. The van der Waals surface area contributed by atoms with Crippen LogP contribution in [0.2, 0.25) is 0 Å². The number of furan rings is 1. The molecule has 0 aliphatic rings. The van der Waals surface area contributed by atoms with Gasteiger partial charge in [0.15, 0.2) is 0 Å². The summed E-state index contributed by atoms with van der Waals surface area (Å²) in [7, 11) is 0. The van der Waals surface area contributed by atoms with E-state index >= 15 is 0 Å². The first-order valence-corrected chi connectivity index (χ1v) is 5.09. The fourth-order valence-corrected chi connectivity index (χ4v) is 1.49. The van der Waals surface area contributed by atoms with Gasteiger partial charge in [-0.25, -0.2) is 0 Å². The number of nitrogens with one attached hydrogen (secondary N) is 1. The van der Waals surface area contributed by atoms with Crippen molar-refractivity contribution in [3.05, 3.63) is 36.1 Å². The van der Waals surface area contributed by atoms with Crippen LogP contribution in [0.25, 0.3) is 11.0 Å². The molecule has 1 aromatic heterocycles. The van der Waals surface area contributed by atoms with E-state index in [2.05, 4.69) is 5.32 Å². The minimum Gasteiger partial charge on any atom is -0.480 e. The molecule has 0 unspecified atom stereocenters. The highest BCUT2D eigenvalue weighted by Crippen LogP contribution is 2.20. The summed E-state index contributed by atoms with van der Waals surface area (Å²) in [5.41, 5.74) is 0.939. The first-order valence-electron chi connectivity index (χ1n) is 5.09. The number of fused-ring (bicyclic) bond motifs is 1. The Morgan fingerprint density at radius 1 is 1.35 bits per heavy atom. The highest BCUT2D eigenvalue weighted by Gasteiger charge is 2.18. The van der Waals surface area contributed by atoms with Gasteiger partial charge in [-0.05, 0) is 13.0 Å². The van der Waals surface area contributed by atoms with E-state index in [-0.39, 0.29) is 0 Å². The zero-order valence-electron chi connectivity index (χ0n) is 9.14. The van der Waals surface area contributed by atoms with E-state index in [1.807, 2.05) is 0 Å². The molecule has 1 aromatic carbocycles. The molecule has 17 heavy (non-hydrogen) atoms. The molecule has 0 radical (unpaired) electrons. The van der Waals surface area contributed by atoms with Gasteiger partial charge in [0.25, 0.3) is 5.91 Å². The second-order valence-electron chi connectivity index (χ2n) is 3.68. The van der Waals surface area contributed by atoms with Crippen LogP contribution in [0.15, 0.2) is 34.9 Å². The molecule has 1 amide bonds. The lowest BCUT2D eigenvalue weighted by Crippen LogP contribution is -2.38. The third-order valence-corrected chi connectivity index (χ3v) is 2.44. The summed E-state index contributed by atoms with van der Waals surface area (Å²) in [6.45, 7) is 1.41. The van der Waals surface area contributed by atoms with E-state index in [0.29, 0.717) is 16.5 Å². The van der Waals surface area contributed by atoms with Crippen LogP contribution in [0, 0.1) is 0 Å². The van der Waals surface area contributed by atoms with Gasteiger partial charge in [-0.2, -0.15) is 0 Å². The van der Waals surface area contributed by atoms with Crippen LogP contribution in [0.1, 0.15) is 17.3 Å². The highest BCUT2D eigenvalue weighted by molar-refractivity contribution is 6.06. The third kappa shape index (κ3) is 2.13. The average molecular weight is 233 g/mol. The second kappa shape index (κ2) is 4.29. The van der Waals surface area contributed by atoms with Crippen LogP contribution < -0.4 is 5.32 Å². The van der Waals surface area contributed by atoms with Crippen molar-refractivity contribution in [3.63, 3.8) is 0 Å². The molecule has 88 valence electrons. The monoisotopic (exact) mass is 233 g/mol. The smallest absolute Gasteiger partial charge is 0.325 e. The number of carbonyl (C=O) groups excluding carboxylic acids is 1. The summed E-state index contributed by atoms with van der Waals surface area (Å²) in [5.74, 6) is -1.53. The van der Waals surface area contributed by atoms with E-state index in [9.17, 15) is 9.59 Å². The fourth-order valence-electron chi connectivity index (χ4n) is 1.49. The Kier molecular flexibility index (Phi) is 2.82. The largest absolute Gasteiger partial charge is 0.480 e. The molecule has 2 N–H and O–H groups in total. The molecule has 2 rings (SSSR count). The van der Waals surface area contributed by atoms with Crippen LogP contribution in [-0.4, -0.2) is 23.0 Å². The Morgan fingerprint density at radius 2 is 2.06 bits per heavy atom. The Labute approximate surface area is 97.0 Å². The number of rotatable bonds is 3. The Balaban J connectivity index is 2.28. The quantitative estimate of drug-likeness (QED) is 0.844. The SMILES string of the molecule is C[C@H](NC(=O)c1coc2ccccc12)C(=O)O. The number of aliphatic carboxylic acids is 1. The zero-order valence-corrected chi connectivity index (χ0v) is 9.14. The van der Waals surface area contributed by atoms with Crippen LogP contribution in [0.5, 0.6) is 0 Å². The highest BCUT2D eigenvalue weighted by atomic mass is 16.4. The number of amides is 1. The maximum atomic E-state index is 11.8. The Bertz CT molecular complexity index is 573. The molecule has 0 aliphatic carbocycles.